The zero-order valence-electron chi connectivity index (χ0n) is 22.6. The smallest absolute Gasteiger partial charge is 0.303 e. The number of amides is 1. The van der Waals surface area contributed by atoms with E-state index >= 15 is 0 Å². The molecule has 2 fully saturated rings. The molecule has 1 unspecified atom stereocenters. The summed E-state index contributed by atoms with van der Waals surface area (Å²) in [6.07, 6.45) is 4.03. The predicted octanol–water partition coefficient (Wildman–Crippen LogP) is 6.07. The zero-order chi connectivity index (χ0) is 28.2. The number of anilines is 2. The summed E-state index contributed by atoms with van der Waals surface area (Å²) in [7, 11) is 1.65. The Morgan fingerprint density at radius 2 is 1.75 bits per heavy atom. The molecule has 3 aromatic carbocycles. The van der Waals surface area contributed by atoms with E-state index in [1.165, 1.54) is 23.1 Å². The van der Waals surface area contributed by atoms with Crippen molar-refractivity contribution in [2.75, 3.05) is 36.5 Å². The third kappa shape index (κ3) is 6.55. The van der Waals surface area contributed by atoms with Gasteiger partial charge >= 0.3 is 5.97 Å². The number of phenols is 1. The molecular weight excluding hydrogens is 511 g/mol. The lowest BCUT2D eigenvalue weighted by atomic mass is 9.91. The highest BCUT2D eigenvalue weighted by Crippen LogP contribution is 2.45. The summed E-state index contributed by atoms with van der Waals surface area (Å²) in [5, 5.41) is 19.5. The maximum atomic E-state index is 13.4. The number of nitrogens with zero attached hydrogens (tertiary/aromatic N) is 2. The van der Waals surface area contributed by atoms with Crippen LogP contribution in [0.4, 0.5) is 15.8 Å². The number of aliphatic carboxylic acids is 1. The molecule has 2 aliphatic rings. The van der Waals surface area contributed by atoms with Crippen molar-refractivity contribution < 1.29 is 28.9 Å². The number of ether oxygens (including phenoxy) is 1. The molecule has 3 aromatic rings. The van der Waals surface area contributed by atoms with Gasteiger partial charge in [0.05, 0.1) is 24.3 Å². The molecule has 1 saturated heterocycles. The Hall–Kier alpha value is -4.07. The van der Waals surface area contributed by atoms with E-state index in [0.717, 1.165) is 37.0 Å². The van der Waals surface area contributed by atoms with Gasteiger partial charge in [0, 0.05) is 31.9 Å². The Labute approximate surface area is 233 Å². The van der Waals surface area contributed by atoms with Crippen LogP contribution in [0.2, 0.25) is 0 Å². The number of halogens is 1. The summed E-state index contributed by atoms with van der Waals surface area (Å²) in [6, 6.07) is 18.4. The summed E-state index contributed by atoms with van der Waals surface area (Å²) < 4.78 is 19.5. The van der Waals surface area contributed by atoms with Gasteiger partial charge in [-0.15, -0.1) is 0 Å². The van der Waals surface area contributed by atoms with Gasteiger partial charge in [-0.25, -0.2) is 4.39 Å². The van der Waals surface area contributed by atoms with Crippen LogP contribution >= 0.6 is 0 Å². The van der Waals surface area contributed by atoms with Crippen molar-refractivity contribution >= 4 is 23.3 Å². The van der Waals surface area contributed by atoms with E-state index in [4.69, 9.17) is 4.74 Å². The molecule has 8 heteroatoms. The van der Waals surface area contributed by atoms with Crippen LogP contribution in [0.15, 0.2) is 66.7 Å². The molecular formula is C32H35FN2O5. The predicted molar refractivity (Wildman–Crippen MR) is 152 cm³/mol. The van der Waals surface area contributed by atoms with Crippen LogP contribution in [-0.4, -0.2) is 48.8 Å². The highest BCUT2D eigenvalue weighted by molar-refractivity contribution is 6.09. The molecule has 0 bridgehead atoms. The fourth-order valence-corrected chi connectivity index (χ4v) is 5.56. The fourth-order valence-electron chi connectivity index (χ4n) is 5.56. The first-order valence-electron chi connectivity index (χ1n) is 13.8. The second kappa shape index (κ2) is 12.0. The molecule has 5 rings (SSSR count). The van der Waals surface area contributed by atoms with Crippen LogP contribution in [0.25, 0.3) is 0 Å². The fraction of sp³-hybridized carbons (Fsp3) is 0.375. The molecule has 0 spiro atoms. The molecule has 1 heterocycles. The van der Waals surface area contributed by atoms with Crippen molar-refractivity contribution in [3.8, 4) is 11.5 Å². The quantitative estimate of drug-likeness (QED) is 0.321. The van der Waals surface area contributed by atoms with E-state index < -0.39 is 5.97 Å². The summed E-state index contributed by atoms with van der Waals surface area (Å²) >= 11 is 0. The van der Waals surface area contributed by atoms with Crippen LogP contribution in [0, 0.1) is 17.7 Å². The lowest BCUT2D eigenvalue weighted by Gasteiger charge is -2.35. The minimum Gasteiger partial charge on any atom is -0.508 e. The van der Waals surface area contributed by atoms with Crippen molar-refractivity contribution in [2.24, 2.45) is 11.8 Å². The van der Waals surface area contributed by atoms with Crippen molar-refractivity contribution in [1.82, 2.24) is 0 Å². The van der Waals surface area contributed by atoms with Gasteiger partial charge in [-0.2, -0.15) is 0 Å². The first-order valence-corrected chi connectivity index (χ1v) is 13.8. The average Bonchev–Trinajstić information content (AvgIpc) is 3.80. The molecule has 7 nitrogen and oxygen atoms in total. The monoisotopic (exact) mass is 546 g/mol. The average molecular weight is 547 g/mol. The summed E-state index contributed by atoms with van der Waals surface area (Å²) in [6.45, 7) is 1.98. The van der Waals surface area contributed by atoms with Gasteiger partial charge in [0.2, 0.25) is 0 Å². The van der Waals surface area contributed by atoms with Gasteiger partial charge in [0.1, 0.15) is 17.3 Å². The Morgan fingerprint density at radius 1 is 1.02 bits per heavy atom. The number of carbonyl (C=O) groups is 2. The first-order chi connectivity index (χ1) is 19.3. The number of hydrogen-bond acceptors (Lipinski definition) is 5. The topological polar surface area (TPSA) is 90.3 Å². The second-order valence-electron chi connectivity index (χ2n) is 10.9. The maximum Gasteiger partial charge on any atom is 0.303 e. The Bertz CT molecular complexity index is 1350. The molecule has 210 valence electrons. The zero-order valence-corrected chi connectivity index (χ0v) is 22.6. The molecule has 1 aliphatic carbocycles. The molecule has 40 heavy (non-hydrogen) atoms. The van der Waals surface area contributed by atoms with Crippen molar-refractivity contribution in [3.63, 3.8) is 0 Å². The van der Waals surface area contributed by atoms with Crippen LogP contribution in [0.3, 0.4) is 0 Å². The van der Waals surface area contributed by atoms with E-state index in [1.54, 1.807) is 31.3 Å². The first kappa shape index (κ1) is 27.5. The number of piperidine rings is 1. The van der Waals surface area contributed by atoms with Crippen LogP contribution in [-0.2, 0) is 4.79 Å². The lowest BCUT2D eigenvalue weighted by molar-refractivity contribution is -0.137. The molecule has 1 amide bonds. The number of hydrogen-bond donors (Lipinski definition) is 2. The van der Waals surface area contributed by atoms with Crippen LogP contribution in [0.1, 0.15) is 53.9 Å². The number of carbonyl (C=O) groups excluding carboxylic acids is 1. The largest absolute Gasteiger partial charge is 0.508 e. The minimum absolute atomic E-state index is 0.0329. The number of rotatable bonds is 10. The normalized spacial score (nSPS) is 16.4. The van der Waals surface area contributed by atoms with Gasteiger partial charge in [-0.05, 0) is 97.5 Å². The van der Waals surface area contributed by atoms with Gasteiger partial charge in [0.15, 0.2) is 0 Å². The van der Waals surface area contributed by atoms with Gasteiger partial charge in [-0.1, -0.05) is 12.1 Å². The number of aromatic hydroxyl groups is 1. The lowest BCUT2D eigenvalue weighted by Crippen LogP contribution is -2.37. The summed E-state index contributed by atoms with van der Waals surface area (Å²) in [4.78, 5) is 28.3. The second-order valence-corrected chi connectivity index (χ2v) is 10.9. The molecule has 1 saturated carbocycles. The molecule has 1 aliphatic heterocycles. The highest BCUT2D eigenvalue weighted by Gasteiger charge is 2.34. The minimum atomic E-state index is -0.770. The van der Waals surface area contributed by atoms with E-state index in [1.807, 2.05) is 24.3 Å². The third-order valence-electron chi connectivity index (χ3n) is 8.04. The van der Waals surface area contributed by atoms with Gasteiger partial charge in [0.25, 0.3) is 5.91 Å². The van der Waals surface area contributed by atoms with E-state index in [0.29, 0.717) is 48.5 Å². The Morgan fingerprint density at radius 3 is 2.42 bits per heavy atom. The van der Waals surface area contributed by atoms with Crippen molar-refractivity contribution in [2.45, 2.75) is 38.0 Å². The molecule has 0 aromatic heterocycles. The number of benzene rings is 3. The standard InChI is InChI=1S/C32H35FN2O5/c1-34(25-9-7-24(33)8-10-25)32(39)28-12-11-26(36)18-30(28)35-15-13-21(14-16-35)20-40-27-4-2-3-23(17-27)29(19-31(37)38)22-5-6-22/h2-4,7-12,17-18,21-22,29,36H,5-6,13-16,19-20H2,1H3,(H,37,38). The Kier molecular flexibility index (Phi) is 8.24. The number of carboxylic acids is 1. The SMILES string of the molecule is CN(C(=O)c1ccc(O)cc1N1CCC(COc2cccc(C(CC(=O)O)C3CC3)c2)CC1)c1ccc(F)cc1. The van der Waals surface area contributed by atoms with Gasteiger partial charge < -0.3 is 24.7 Å². The Balaban J connectivity index is 1.20. The summed E-state index contributed by atoms with van der Waals surface area (Å²) in [5.41, 5.74) is 2.76. The van der Waals surface area contributed by atoms with E-state index in [-0.39, 0.29) is 29.8 Å². The van der Waals surface area contributed by atoms with Crippen molar-refractivity contribution in [3.05, 3.63) is 83.7 Å². The van der Waals surface area contributed by atoms with Gasteiger partial charge in [-0.3, -0.25) is 9.59 Å². The highest BCUT2D eigenvalue weighted by atomic mass is 19.1. The summed E-state index contributed by atoms with van der Waals surface area (Å²) in [5.74, 6) is 0.292. The molecule has 0 radical (unpaired) electrons. The maximum absolute atomic E-state index is 13.4. The number of phenolic OH excluding ortho intramolecular Hbond substituents is 1. The molecule has 1 atom stereocenters. The molecule has 2 N–H and O–H groups in total. The van der Waals surface area contributed by atoms with E-state index in [9.17, 15) is 24.2 Å². The third-order valence-corrected chi connectivity index (χ3v) is 8.04. The number of carboxylic acid groups (broad SMARTS) is 1. The van der Waals surface area contributed by atoms with Crippen LogP contribution < -0.4 is 14.5 Å². The van der Waals surface area contributed by atoms with E-state index in [2.05, 4.69) is 4.90 Å². The van der Waals surface area contributed by atoms with Crippen molar-refractivity contribution in [1.29, 1.82) is 0 Å². The van der Waals surface area contributed by atoms with Crippen LogP contribution in [0.5, 0.6) is 11.5 Å².